The van der Waals surface area contributed by atoms with Gasteiger partial charge in [0.05, 0.1) is 9.82 Å². The van der Waals surface area contributed by atoms with Crippen LogP contribution in [0.15, 0.2) is 65.6 Å². The monoisotopic (exact) mass is 439 g/mol. The number of fused-ring (bicyclic) bond motifs is 1. The molecule has 0 aliphatic carbocycles. The first-order valence-electron chi connectivity index (χ1n) is 9.80. The first kappa shape index (κ1) is 21.0. The van der Waals surface area contributed by atoms with Crippen LogP contribution >= 0.6 is 0 Å². The lowest BCUT2D eigenvalue weighted by atomic mass is 10.1. The maximum Gasteiger partial charge on any atom is 0.270 e. The van der Waals surface area contributed by atoms with E-state index in [1.807, 2.05) is 36.4 Å². The Balaban J connectivity index is 1.50. The number of sulfonamides is 1. The predicted octanol–water partition coefficient (Wildman–Crippen LogP) is 3.20. The van der Waals surface area contributed by atoms with Crippen LogP contribution in [0.2, 0.25) is 0 Å². The lowest BCUT2D eigenvalue weighted by Crippen LogP contribution is -2.50. The van der Waals surface area contributed by atoms with Crippen LogP contribution in [0.3, 0.4) is 0 Å². The molecule has 1 amide bonds. The number of nitro groups is 1. The quantitative estimate of drug-likeness (QED) is 0.459. The van der Waals surface area contributed by atoms with Crippen molar-refractivity contribution in [3.05, 3.63) is 81.9 Å². The lowest BCUT2D eigenvalue weighted by molar-refractivity contribution is -0.385. The molecule has 0 bridgehead atoms. The SMILES string of the molecule is Cc1ccc([N+](=O)[O-])cc1S(=O)(=O)N1CCN(C(=O)c2ccc3ccccc3c2)CC1. The number of rotatable bonds is 4. The molecule has 4 rings (SSSR count). The van der Waals surface area contributed by atoms with E-state index in [0.29, 0.717) is 11.1 Å². The van der Waals surface area contributed by atoms with Crippen molar-refractivity contribution in [3.8, 4) is 0 Å². The van der Waals surface area contributed by atoms with Crippen LogP contribution in [-0.2, 0) is 10.0 Å². The molecular formula is C22H21N3O5S. The van der Waals surface area contributed by atoms with E-state index in [1.165, 1.54) is 16.4 Å². The van der Waals surface area contributed by atoms with Crippen LogP contribution < -0.4 is 0 Å². The molecule has 1 heterocycles. The van der Waals surface area contributed by atoms with E-state index in [4.69, 9.17) is 0 Å². The van der Waals surface area contributed by atoms with Crippen molar-refractivity contribution in [2.24, 2.45) is 0 Å². The fourth-order valence-electron chi connectivity index (χ4n) is 3.76. The summed E-state index contributed by atoms with van der Waals surface area (Å²) in [6, 6.07) is 17.1. The number of aryl methyl sites for hydroxylation is 1. The summed E-state index contributed by atoms with van der Waals surface area (Å²) in [5.74, 6) is -0.144. The molecule has 1 saturated heterocycles. The molecule has 0 saturated carbocycles. The van der Waals surface area contributed by atoms with Crippen LogP contribution in [0.4, 0.5) is 5.69 Å². The van der Waals surface area contributed by atoms with Crippen molar-refractivity contribution in [3.63, 3.8) is 0 Å². The number of benzene rings is 3. The summed E-state index contributed by atoms with van der Waals surface area (Å²) in [4.78, 5) is 24.9. The number of non-ortho nitro benzene ring substituents is 1. The molecule has 0 unspecified atom stereocenters. The third kappa shape index (κ3) is 4.01. The van der Waals surface area contributed by atoms with Crippen molar-refractivity contribution in [2.45, 2.75) is 11.8 Å². The zero-order chi connectivity index (χ0) is 22.2. The van der Waals surface area contributed by atoms with Gasteiger partial charge in [-0.25, -0.2) is 8.42 Å². The number of hydrogen-bond acceptors (Lipinski definition) is 5. The Morgan fingerprint density at radius 1 is 0.935 bits per heavy atom. The van der Waals surface area contributed by atoms with Gasteiger partial charge in [-0.3, -0.25) is 14.9 Å². The number of carbonyl (C=O) groups excluding carboxylic acids is 1. The highest BCUT2D eigenvalue weighted by atomic mass is 32.2. The normalized spacial score (nSPS) is 15.2. The molecular weight excluding hydrogens is 418 g/mol. The Morgan fingerprint density at radius 2 is 1.61 bits per heavy atom. The molecule has 1 aliphatic heterocycles. The van der Waals surface area contributed by atoms with Gasteiger partial charge in [0.25, 0.3) is 11.6 Å². The van der Waals surface area contributed by atoms with Gasteiger partial charge in [0.2, 0.25) is 10.0 Å². The number of nitro benzene ring substituents is 1. The van der Waals surface area contributed by atoms with Crippen LogP contribution in [0, 0.1) is 17.0 Å². The van der Waals surface area contributed by atoms with E-state index >= 15 is 0 Å². The first-order valence-corrected chi connectivity index (χ1v) is 11.2. The first-order chi connectivity index (χ1) is 14.8. The summed E-state index contributed by atoms with van der Waals surface area (Å²) in [5.41, 5.74) is 0.735. The Bertz CT molecular complexity index is 1280. The van der Waals surface area contributed by atoms with Gasteiger partial charge in [-0.1, -0.05) is 36.4 Å². The molecule has 3 aromatic rings. The van der Waals surface area contributed by atoms with E-state index in [0.717, 1.165) is 16.8 Å². The van der Waals surface area contributed by atoms with Gasteiger partial charge in [-0.2, -0.15) is 4.31 Å². The standard InChI is InChI=1S/C22H21N3O5S/c1-16-6-9-20(25(27)28)15-21(16)31(29,30)24-12-10-23(11-13-24)22(26)19-8-7-17-4-2-3-5-18(17)14-19/h2-9,14-15H,10-13H2,1H3. The maximum atomic E-state index is 13.1. The van der Waals surface area contributed by atoms with Crippen LogP contribution in [-0.4, -0.2) is 54.6 Å². The van der Waals surface area contributed by atoms with Gasteiger partial charge in [0, 0.05) is 43.9 Å². The summed E-state index contributed by atoms with van der Waals surface area (Å²) < 4.78 is 27.4. The van der Waals surface area contributed by atoms with E-state index < -0.39 is 14.9 Å². The third-order valence-electron chi connectivity index (χ3n) is 5.52. The molecule has 3 aromatic carbocycles. The van der Waals surface area contributed by atoms with Crippen LogP contribution in [0.5, 0.6) is 0 Å². The molecule has 31 heavy (non-hydrogen) atoms. The summed E-state index contributed by atoms with van der Waals surface area (Å²) in [6.45, 7) is 2.36. The molecule has 0 radical (unpaired) electrons. The Kier molecular flexibility index (Phi) is 5.47. The number of amides is 1. The highest BCUT2D eigenvalue weighted by Crippen LogP contribution is 2.26. The summed E-state index contributed by atoms with van der Waals surface area (Å²) in [7, 11) is -3.90. The van der Waals surface area contributed by atoms with Gasteiger partial charge in [0.15, 0.2) is 0 Å². The second-order valence-corrected chi connectivity index (χ2v) is 9.37. The van der Waals surface area contributed by atoms with E-state index in [1.54, 1.807) is 17.9 Å². The van der Waals surface area contributed by atoms with Crippen molar-refractivity contribution < 1.29 is 18.1 Å². The predicted molar refractivity (Wildman–Crippen MR) is 116 cm³/mol. The topological polar surface area (TPSA) is 101 Å². The zero-order valence-corrected chi connectivity index (χ0v) is 17.7. The Morgan fingerprint density at radius 3 is 2.29 bits per heavy atom. The average molecular weight is 439 g/mol. The van der Waals surface area contributed by atoms with E-state index in [-0.39, 0.29) is 42.7 Å². The van der Waals surface area contributed by atoms with Crippen molar-refractivity contribution in [1.82, 2.24) is 9.21 Å². The smallest absolute Gasteiger partial charge is 0.270 e. The van der Waals surface area contributed by atoms with Gasteiger partial charge < -0.3 is 4.90 Å². The molecule has 0 spiro atoms. The van der Waals surface area contributed by atoms with Gasteiger partial charge in [-0.05, 0) is 35.4 Å². The molecule has 1 aliphatic rings. The number of piperazine rings is 1. The maximum absolute atomic E-state index is 13.1. The molecule has 9 heteroatoms. The molecule has 1 fully saturated rings. The number of hydrogen-bond donors (Lipinski definition) is 0. The fraction of sp³-hybridized carbons (Fsp3) is 0.227. The lowest BCUT2D eigenvalue weighted by Gasteiger charge is -2.34. The van der Waals surface area contributed by atoms with Gasteiger partial charge >= 0.3 is 0 Å². The minimum atomic E-state index is -3.90. The molecule has 8 nitrogen and oxygen atoms in total. The summed E-state index contributed by atoms with van der Waals surface area (Å²) >= 11 is 0. The third-order valence-corrected chi connectivity index (χ3v) is 7.56. The second kappa shape index (κ2) is 8.09. The Labute approximate surface area is 179 Å². The highest BCUT2D eigenvalue weighted by molar-refractivity contribution is 7.89. The summed E-state index contributed by atoms with van der Waals surface area (Å²) in [6.07, 6.45) is 0. The van der Waals surface area contributed by atoms with E-state index in [9.17, 15) is 23.3 Å². The van der Waals surface area contributed by atoms with Gasteiger partial charge in [0.1, 0.15) is 0 Å². The molecule has 0 atom stereocenters. The van der Waals surface area contributed by atoms with Gasteiger partial charge in [-0.15, -0.1) is 0 Å². The molecule has 0 N–H and O–H groups in total. The summed E-state index contributed by atoms with van der Waals surface area (Å²) in [5, 5.41) is 13.1. The second-order valence-electron chi connectivity index (χ2n) is 7.47. The van der Waals surface area contributed by atoms with Crippen molar-refractivity contribution >= 4 is 32.4 Å². The Hall–Kier alpha value is -3.30. The molecule has 160 valence electrons. The minimum Gasteiger partial charge on any atom is -0.336 e. The zero-order valence-electron chi connectivity index (χ0n) is 16.9. The number of carbonyl (C=O) groups is 1. The molecule has 0 aromatic heterocycles. The number of nitrogens with zero attached hydrogens (tertiary/aromatic N) is 3. The van der Waals surface area contributed by atoms with E-state index in [2.05, 4.69) is 0 Å². The largest absolute Gasteiger partial charge is 0.336 e. The average Bonchev–Trinajstić information content (AvgIpc) is 2.78. The fourth-order valence-corrected chi connectivity index (χ4v) is 5.42. The highest BCUT2D eigenvalue weighted by Gasteiger charge is 2.32. The van der Waals surface area contributed by atoms with Crippen LogP contribution in [0.1, 0.15) is 15.9 Å². The van der Waals surface area contributed by atoms with Crippen molar-refractivity contribution in [1.29, 1.82) is 0 Å². The van der Waals surface area contributed by atoms with Crippen LogP contribution in [0.25, 0.3) is 10.8 Å². The van der Waals surface area contributed by atoms with Crippen molar-refractivity contribution in [2.75, 3.05) is 26.2 Å². The minimum absolute atomic E-state index is 0.0731.